The molecule has 1 fully saturated rings. The fraction of sp³-hybridized carbons (Fsp3) is 0.500. The van der Waals surface area contributed by atoms with E-state index >= 15 is 0 Å². The molecule has 0 heterocycles. The summed E-state index contributed by atoms with van der Waals surface area (Å²) in [4.78, 5) is 14.8. The Morgan fingerprint density at radius 1 is 1.43 bits per heavy atom. The summed E-state index contributed by atoms with van der Waals surface area (Å²) in [5.41, 5.74) is 6.55. The molecular weight excluding hydrogens is 266 g/mol. The molecule has 5 nitrogen and oxygen atoms in total. The Balaban J connectivity index is 2.25. The van der Waals surface area contributed by atoms with E-state index in [4.69, 9.17) is 10.9 Å². The second kappa shape index (κ2) is 7.11. The highest BCUT2D eigenvalue weighted by Crippen LogP contribution is 2.30. The number of amides is 1. The Bertz CT molecular complexity index is 498. The van der Waals surface area contributed by atoms with Crippen molar-refractivity contribution in [1.82, 2.24) is 4.90 Å². The monoisotopic (exact) mass is 289 g/mol. The first-order valence-electron chi connectivity index (χ1n) is 7.51. The first kappa shape index (κ1) is 15.4. The molecule has 2 rings (SSSR count). The van der Waals surface area contributed by atoms with Crippen LogP contribution < -0.4 is 5.73 Å². The van der Waals surface area contributed by atoms with Crippen molar-refractivity contribution >= 4 is 11.7 Å². The minimum absolute atomic E-state index is 0.0478. The number of oxime groups is 1. The largest absolute Gasteiger partial charge is 0.409 e. The van der Waals surface area contributed by atoms with Gasteiger partial charge < -0.3 is 15.8 Å². The number of rotatable bonds is 7. The van der Waals surface area contributed by atoms with Crippen LogP contribution in [0.25, 0.3) is 0 Å². The van der Waals surface area contributed by atoms with E-state index in [0.29, 0.717) is 6.04 Å². The smallest absolute Gasteiger partial charge is 0.238 e. The first-order chi connectivity index (χ1) is 10.2. The average molecular weight is 289 g/mol. The Hall–Kier alpha value is -2.04. The SMILES string of the molecule is CCCCN(C(=O)C(C(N)=NO)c1ccccc1)C1CC1. The Morgan fingerprint density at radius 3 is 2.62 bits per heavy atom. The van der Waals surface area contributed by atoms with Gasteiger partial charge in [-0.05, 0) is 24.8 Å². The van der Waals surface area contributed by atoms with E-state index in [0.717, 1.165) is 37.8 Å². The van der Waals surface area contributed by atoms with Crippen molar-refractivity contribution in [2.45, 2.75) is 44.6 Å². The van der Waals surface area contributed by atoms with Gasteiger partial charge in [0.25, 0.3) is 0 Å². The minimum Gasteiger partial charge on any atom is -0.409 e. The summed E-state index contributed by atoms with van der Waals surface area (Å²) in [5.74, 6) is -0.811. The van der Waals surface area contributed by atoms with Gasteiger partial charge in [-0.1, -0.05) is 48.8 Å². The molecule has 1 aromatic carbocycles. The highest BCUT2D eigenvalue weighted by Gasteiger charge is 2.37. The van der Waals surface area contributed by atoms with Crippen molar-refractivity contribution in [3.05, 3.63) is 35.9 Å². The molecule has 1 unspecified atom stereocenters. The van der Waals surface area contributed by atoms with Crippen LogP contribution in [-0.4, -0.2) is 34.4 Å². The highest BCUT2D eigenvalue weighted by molar-refractivity contribution is 6.07. The number of hydrogen-bond acceptors (Lipinski definition) is 3. The maximum absolute atomic E-state index is 12.9. The van der Waals surface area contributed by atoms with Gasteiger partial charge in [-0.3, -0.25) is 4.79 Å². The summed E-state index contributed by atoms with van der Waals surface area (Å²) in [6.07, 6.45) is 4.11. The third-order valence-corrected chi connectivity index (χ3v) is 3.81. The fourth-order valence-electron chi connectivity index (χ4n) is 2.50. The molecule has 0 aliphatic heterocycles. The van der Waals surface area contributed by atoms with Gasteiger partial charge in [0.15, 0.2) is 5.84 Å². The van der Waals surface area contributed by atoms with Crippen molar-refractivity contribution < 1.29 is 10.0 Å². The maximum Gasteiger partial charge on any atom is 0.238 e. The summed E-state index contributed by atoms with van der Waals surface area (Å²) in [7, 11) is 0. The first-order valence-corrected chi connectivity index (χ1v) is 7.51. The predicted molar refractivity (Wildman–Crippen MR) is 82.2 cm³/mol. The van der Waals surface area contributed by atoms with Crippen molar-refractivity contribution in [3.63, 3.8) is 0 Å². The summed E-state index contributed by atoms with van der Waals surface area (Å²) in [6, 6.07) is 9.59. The molecule has 1 aromatic rings. The van der Waals surface area contributed by atoms with E-state index in [-0.39, 0.29) is 11.7 Å². The summed E-state index contributed by atoms with van der Waals surface area (Å²) < 4.78 is 0. The zero-order valence-corrected chi connectivity index (χ0v) is 12.4. The van der Waals surface area contributed by atoms with Crippen LogP contribution in [0.5, 0.6) is 0 Å². The van der Waals surface area contributed by atoms with Crippen molar-refractivity contribution in [3.8, 4) is 0 Å². The van der Waals surface area contributed by atoms with E-state index < -0.39 is 5.92 Å². The number of nitrogens with zero attached hydrogens (tertiary/aromatic N) is 2. The second-order valence-electron chi connectivity index (χ2n) is 5.48. The van der Waals surface area contributed by atoms with Gasteiger partial charge in [0, 0.05) is 12.6 Å². The summed E-state index contributed by atoms with van der Waals surface area (Å²) in [6.45, 7) is 2.84. The van der Waals surface area contributed by atoms with E-state index in [1.54, 1.807) is 0 Å². The molecule has 1 saturated carbocycles. The molecule has 114 valence electrons. The third kappa shape index (κ3) is 3.74. The molecule has 0 radical (unpaired) electrons. The number of benzene rings is 1. The fourth-order valence-corrected chi connectivity index (χ4v) is 2.50. The van der Waals surface area contributed by atoms with Gasteiger partial charge >= 0.3 is 0 Å². The molecule has 1 aliphatic carbocycles. The number of carbonyl (C=O) groups is 1. The van der Waals surface area contributed by atoms with Gasteiger partial charge in [-0.2, -0.15) is 0 Å². The van der Waals surface area contributed by atoms with Crippen LogP contribution in [0.1, 0.15) is 44.1 Å². The standard InChI is InChI=1S/C16H23N3O2/c1-2-3-11-19(13-9-10-13)16(20)14(15(17)18-21)12-7-5-4-6-8-12/h4-8,13-14,21H,2-3,9-11H2,1H3,(H2,17,18). The minimum atomic E-state index is -0.700. The third-order valence-electron chi connectivity index (χ3n) is 3.81. The van der Waals surface area contributed by atoms with Crippen molar-refractivity contribution in [2.24, 2.45) is 10.9 Å². The molecule has 21 heavy (non-hydrogen) atoms. The average Bonchev–Trinajstić information content (AvgIpc) is 3.33. The van der Waals surface area contributed by atoms with E-state index in [1.807, 2.05) is 35.2 Å². The Morgan fingerprint density at radius 2 is 2.10 bits per heavy atom. The number of unbranched alkanes of at least 4 members (excludes halogenated alkanes) is 1. The lowest BCUT2D eigenvalue weighted by Gasteiger charge is -2.27. The van der Waals surface area contributed by atoms with E-state index in [1.165, 1.54) is 0 Å². The van der Waals surface area contributed by atoms with Gasteiger partial charge in [-0.15, -0.1) is 0 Å². The topological polar surface area (TPSA) is 78.9 Å². The number of carbonyl (C=O) groups excluding carboxylic acids is 1. The highest BCUT2D eigenvalue weighted by atomic mass is 16.4. The molecule has 1 amide bonds. The van der Waals surface area contributed by atoms with Crippen LogP contribution in [0, 0.1) is 0 Å². The van der Waals surface area contributed by atoms with Crippen LogP contribution in [0.4, 0.5) is 0 Å². The molecule has 5 heteroatoms. The quantitative estimate of drug-likeness (QED) is 0.350. The number of nitrogens with two attached hydrogens (primary N) is 1. The Labute approximate surface area is 125 Å². The van der Waals surface area contributed by atoms with Gasteiger partial charge in [-0.25, -0.2) is 0 Å². The van der Waals surface area contributed by atoms with Crippen LogP contribution in [-0.2, 0) is 4.79 Å². The predicted octanol–water partition coefficient (Wildman–Crippen LogP) is 2.31. The van der Waals surface area contributed by atoms with Gasteiger partial charge in [0.1, 0.15) is 5.92 Å². The molecule has 3 N–H and O–H groups in total. The van der Waals surface area contributed by atoms with Crippen LogP contribution >= 0.6 is 0 Å². The van der Waals surface area contributed by atoms with Gasteiger partial charge in [0.05, 0.1) is 0 Å². The lowest BCUT2D eigenvalue weighted by molar-refractivity contribution is -0.132. The van der Waals surface area contributed by atoms with E-state index in [2.05, 4.69) is 12.1 Å². The summed E-state index contributed by atoms with van der Waals surface area (Å²) in [5, 5.41) is 12.1. The number of amidine groups is 1. The lowest BCUT2D eigenvalue weighted by Crippen LogP contribution is -2.42. The maximum atomic E-state index is 12.9. The zero-order chi connectivity index (χ0) is 15.2. The van der Waals surface area contributed by atoms with Crippen LogP contribution in [0.15, 0.2) is 35.5 Å². The molecule has 1 aliphatic rings. The number of hydrogen-bond donors (Lipinski definition) is 2. The second-order valence-corrected chi connectivity index (χ2v) is 5.48. The van der Waals surface area contributed by atoms with Crippen LogP contribution in [0.3, 0.4) is 0 Å². The normalized spacial score (nSPS) is 16.5. The van der Waals surface area contributed by atoms with Crippen LogP contribution in [0.2, 0.25) is 0 Å². The van der Waals surface area contributed by atoms with Crippen molar-refractivity contribution in [2.75, 3.05) is 6.54 Å². The zero-order valence-electron chi connectivity index (χ0n) is 12.4. The van der Waals surface area contributed by atoms with Crippen molar-refractivity contribution in [1.29, 1.82) is 0 Å². The van der Waals surface area contributed by atoms with E-state index in [9.17, 15) is 4.79 Å². The Kier molecular flexibility index (Phi) is 5.20. The molecule has 0 aromatic heterocycles. The molecular formula is C16H23N3O2. The molecule has 1 atom stereocenters. The summed E-state index contributed by atoms with van der Waals surface area (Å²) >= 11 is 0. The molecule has 0 saturated heterocycles. The van der Waals surface area contributed by atoms with Gasteiger partial charge in [0.2, 0.25) is 5.91 Å². The molecule has 0 spiro atoms. The molecule has 0 bridgehead atoms. The lowest BCUT2D eigenvalue weighted by atomic mass is 9.96.